The van der Waals surface area contributed by atoms with E-state index in [1.54, 1.807) is 0 Å². The number of urea groups is 1. The van der Waals surface area contributed by atoms with E-state index in [0.29, 0.717) is 29.8 Å². The van der Waals surface area contributed by atoms with Crippen molar-refractivity contribution in [2.24, 2.45) is 0 Å². The number of rotatable bonds is 2. The van der Waals surface area contributed by atoms with Gasteiger partial charge >= 0.3 is 17.8 Å². The van der Waals surface area contributed by atoms with E-state index in [1.807, 2.05) is 0 Å². The van der Waals surface area contributed by atoms with Crippen molar-refractivity contribution >= 4 is 23.5 Å². The summed E-state index contributed by atoms with van der Waals surface area (Å²) < 4.78 is 27.3. The first-order chi connectivity index (χ1) is 10.4. The summed E-state index contributed by atoms with van der Waals surface area (Å²) in [7, 11) is 1.21. The van der Waals surface area contributed by atoms with Gasteiger partial charge < -0.3 is 4.90 Å². The predicted molar refractivity (Wildman–Crippen MR) is 71.9 cm³/mol. The van der Waals surface area contributed by atoms with Gasteiger partial charge in [-0.15, -0.1) is 0 Å². The molecule has 0 radical (unpaired) electrons. The Morgan fingerprint density at radius 2 is 1.86 bits per heavy atom. The number of nitrogens with zero attached hydrogens (tertiary/aromatic N) is 3. The number of likely N-dealkylation sites (N-methyl/N-ethyl adjacent to an activating group) is 1. The number of imide groups is 2. The second-order valence-corrected chi connectivity index (χ2v) is 5.28. The molecule has 1 fully saturated rings. The molecular formula is C14H13F2N3O3. The number of aryl methyl sites for hydroxylation is 1. The van der Waals surface area contributed by atoms with E-state index in [1.165, 1.54) is 18.0 Å². The number of anilines is 1. The Balaban J connectivity index is 1.91. The van der Waals surface area contributed by atoms with E-state index in [-0.39, 0.29) is 12.4 Å². The molecule has 22 heavy (non-hydrogen) atoms. The van der Waals surface area contributed by atoms with Gasteiger partial charge in [0.2, 0.25) is 0 Å². The van der Waals surface area contributed by atoms with Gasteiger partial charge in [-0.1, -0.05) is 0 Å². The molecule has 0 N–H and O–H groups in total. The van der Waals surface area contributed by atoms with Gasteiger partial charge in [0.15, 0.2) is 0 Å². The second-order valence-electron chi connectivity index (χ2n) is 5.28. The Labute approximate surface area is 124 Å². The van der Waals surface area contributed by atoms with Crippen LogP contribution < -0.4 is 4.90 Å². The van der Waals surface area contributed by atoms with Crippen molar-refractivity contribution < 1.29 is 23.2 Å². The Hall–Kier alpha value is -2.51. The molecule has 1 saturated heterocycles. The van der Waals surface area contributed by atoms with Gasteiger partial charge in [-0.25, -0.2) is 18.5 Å². The van der Waals surface area contributed by atoms with E-state index in [2.05, 4.69) is 0 Å². The minimum Gasteiger partial charge on any atom is -0.351 e. The monoisotopic (exact) mass is 309 g/mol. The molecule has 3 rings (SSSR count). The zero-order chi connectivity index (χ0) is 16.0. The average Bonchev–Trinajstić information content (AvgIpc) is 2.64. The first kappa shape index (κ1) is 14.4. The van der Waals surface area contributed by atoms with Gasteiger partial charge in [-0.05, 0) is 24.5 Å². The van der Waals surface area contributed by atoms with Crippen molar-refractivity contribution in [3.8, 4) is 0 Å². The fourth-order valence-electron chi connectivity index (χ4n) is 2.79. The standard InChI is InChI=1S/C14H13F2N3O3/c1-17-12(20)13(21)19(14(17)22)7-18-4-2-3-8-5-9(15)6-10(16)11(8)18/h5-6H,2-4,7H2,1H3. The minimum atomic E-state index is -0.942. The number of benzene rings is 1. The smallest absolute Gasteiger partial charge is 0.335 e. The molecule has 0 spiro atoms. The molecule has 2 aliphatic rings. The highest BCUT2D eigenvalue weighted by molar-refractivity contribution is 6.44. The number of carbonyl (C=O) groups excluding carboxylic acids is 3. The van der Waals surface area contributed by atoms with Crippen molar-refractivity contribution in [2.45, 2.75) is 12.8 Å². The molecule has 0 aromatic heterocycles. The molecule has 1 aromatic rings. The molecule has 6 nitrogen and oxygen atoms in total. The number of halogens is 2. The number of fused-ring (bicyclic) bond motifs is 1. The molecule has 116 valence electrons. The third kappa shape index (κ3) is 2.11. The summed E-state index contributed by atoms with van der Waals surface area (Å²) in [5.41, 5.74) is 0.665. The van der Waals surface area contributed by atoms with Gasteiger partial charge in [-0.3, -0.25) is 14.5 Å². The molecule has 0 unspecified atom stereocenters. The van der Waals surface area contributed by atoms with Crippen molar-refractivity contribution in [3.05, 3.63) is 29.3 Å². The minimum absolute atomic E-state index is 0.176. The summed E-state index contributed by atoms with van der Waals surface area (Å²) in [6, 6.07) is 1.27. The topological polar surface area (TPSA) is 60.9 Å². The SMILES string of the molecule is CN1C(=O)C(=O)N(CN2CCCc3cc(F)cc(F)c32)C1=O. The molecular weight excluding hydrogens is 296 g/mol. The van der Waals surface area contributed by atoms with E-state index in [0.717, 1.165) is 11.0 Å². The molecule has 4 amide bonds. The highest BCUT2D eigenvalue weighted by atomic mass is 19.1. The number of carbonyl (C=O) groups is 3. The maximum absolute atomic E-state index is 14.1. The Kier molecular flexibility index (Phi) is 3.31. The molecule has 0 atom stereocenters. The summed E-state index contributed by atoms with van der Waals surface area (Å²) in [6.07, 6.45) is 1.15. The summed E-state index contributed by atoms with van der Waals surface area (Å²) in [5, 5.41) is 0. The summed E-state index contributed by atoms with van der Waals surface area (Å²) in [6.45, 7) is 0.174. The molecule has 0 aliphatic carbocycles. The average molecular weight is 309 g/mol. The highest BCUT2D eigenvalue weighted by Crippen LogP contribution is 2.31. The van der Waals surface area contributed by atoms with Gasteiger partial charge in [-0.2, -0.15) is 0 Å². The number of hydrogen-bond donors (Lipinski definition) is 0. The second kappa shape index (κ2) is 5.04. The van der Waals surface area contributed by atoms with E-state index >= 15 is 0 Å². The fraction of sp³-hybridized carbons (Fsp3) is 0.357. The Bertz CT molecular complexity index is 692. The zero-order valence-electron chi connectivity index (χ0n) is 11.8. The Morgan fingerprint density at radius 3 is 2.50 bits per heavy atom. The van der Waals surface area contributed by atoms with Crippen LogP contribution >= 0.6 is 0 Å². The maximum atomic E-state index is 14.1. The highest BCUT2D eigenvalue weighted by Gasteiger charge is 2.43. The molecule has 0 saturated carbocycles. The van der Waals surface area contributed by atoms with Crippen LogP contribution in [0.25, 0.3) is 0 Å². The van der Waals surface area contributed by atoms with Gasteiger partial charge in [0, 0.05) is 19.7 Å². The van der Waals surface area contributed by atoms with Gasteiger partial charge in [0.05, 0.1) is 5.69 Å². The molecule has 8 heteroatoms. The van der Waals surface area contributed by atoms with E-state index < -0.39 is 29.5 Å². The summed E-state index contributed by atoms with van der Waals surface area (Å²) in [5.74, 6) is -3.27. The van der Waals surface area contributed by atoms with Gasteiger partial charge in [0.1, 0.15) is 18.3 Å². The van der Waals surface area contributed by atoms with Crippen LogP contribution in [0.4, 0.5) is 19.3 Å². The molecule has 2 heterocycles. The van der Waals surface area contributed by atoms with E-state index in [9.17, 15) is 23.2 Å². The number of hydrogen-bond acceptors (Lipinski definition) is 4. The van der Waals surface area contributed by atoms with Crippen LogP contribution in [0.15, 0.2) is 12.1 Å². The van der Waals surface area contributed by atoms with Crippen molar-refractivity contribution in [1.29, 1.82) is 0 Å². The summed E-state index contributed by atoms with van der Waals surface area (Å²) in [4.78, 5) is 38.1. The first-order valence-electron chi connectivity index (χ1n) is 6.76. The molecule has 1 aromatic carbocycles. The van der Waals surface area contributed by atoms with Crippen LogP contribution in [0.2, 0.25) is 0 Å². The van der Waals surface area contributed by atoms with E-state index in [4.69, 9.17) is 0 Å². The molecule has 2 aliphatic heterocycles. The molecule has 0 bridgehead atoms. The lowest BCUT2D eigenvalue weighted by atomic mass is 10.0. The van der Waals surface area contributed by atoms with Crippen LogP contribution in [0.3, 0.4) is 0 Å². The van der Waals surface area contributed by atoms with Crippen molar-refractivity contribution in [1.82, 2.24) is 9.80 Å². The normalized spacial score (nSPS) is 18.3. The van der Waals surface area contributed by atoms with Crippen LogP contribution in [-0.4, -0.2) is 47.9 Å². The fourth-order valence-corrected chi connectivity index (χ4v) is 2.79. The van der Waals surface area contributed by atoms with Crippen LogP contribution in [0.5, 0.6) is 0 Å². The van der Waals surface area contributed by atoms with Crippen LogP contribution in [-0.2, 0) is 16.0 Å². The van der Waals surface area contributed by atoms with Crippen molar-refractivity contribution in [2.75, 3.05) is 25.2 Å². The van der Waals surface area contributed by atoms with Crippen molar-refractivity contribution in [3.63, 3.8) is 0 Å². The quantitative estimate of drug-likeness (QED) is 0.606. The third-order valence-corrected chi connectivity index (χ3v) is 3.86. The summed E-state index contributed by atoms with van der Waals surface area (Å²) >= 11 is 0. The van der Waals surface area contributed by atoms with Crippen LogP contribution in [0, 0.1) is 11.6 Å². The predicted octanol–water partition coefficient (Wildman–Crippen LogP) is 1.10. The third-order valence-electron chi connectivity index (χ3n) is 3.86. The lowest BCUT2D eigenvalue weighted by molar-refractivity contribution is -0.142. The Morgan fingerprint density at radius 1 is 1.14 bits per heavy atom. The largest absolute Gasteiger partial charge is 0.351 e. The lowest BCUT2D eigenvalue weighted by Crippen LogP contribution is -2.44. The van der Waals surface area contributed by atoms with Crippen LogP contribution in [0.1, 0.15) is 12.0 Å². The zero-order valence-corrected chi connectivity index (χ0v) is 11.8. The lowest BCUT2D eigenvalue weighted by Gasteiger charge is -2.33. The van der Waals surface area contributed by atoms with Gasteiger partial charge in [0.25, 0.3) is 0 Å². The first-order valence-corrected chi connectivity index (χ1v) is 6.76. The number of amides is 4. The maximum Gasteiger partial charge on any atom is 0.335 e.